The van der Waals surface area contributed by atoms with E-state index in [9.17, 15) is 18.8 Å². The molecule has 0 fully saturated rings. The van der Waals surface area contributed by atoms with Gasteiger partial charge in [-0.05, 0) is 36.1 Å². The third-order valence-electron chi connectivity index (χ3n) is 3.63. The van der Waals surface area contributed by atoms with Gasteiger partial charge in [0.1, 0.15) is 5.82 Å². The predicted octanol–water partition coefficient (Wildman–Crippen LogP) is 1.81. The summed E-state index contributed by atoms with van der Waals surface area (Å²) in [7, 11) is 1.55. The maximum Gasteiger partial charge on any atom is 0.264 e. The molecule has 2 rings (SSSR count). The fourth-order valence-corrected chi connectivity index (χ4v) is 2.86. The molecule has 0 saturated heterocycles. The summed E-state index contributed by atoms with van der Waals surface area (Å²) in [5, 5.41) is 7.02. The quantitative estimate of drug-likeness (QED) is 0.723. The molecule has 26 heavy (non-hydrogen) atoms. The van der Waals surface area contributed by atoms with Crippen molar-refractivity contribution in [1.82, 2.24) is 15.5 Å². The summed E-state index contributed by atoms with van der Waals surface area (Å²) in [6.45, 7) is 1.95. The first-order valence-electron chi connectivity index (χ1n) is 7.98. The SMILES string of the molecule is Cc1ccc(C(=O)NCCNC(=O)CN(C)C(=O)c2cccs2)cc1F. The van der Waals surface area contributed by atoms with Gasteiger partial charge in [0.25, 0.3) is 11.8 Å². The van der Waals surface area contributed by atoms with Crippen molar-refractivity contribution < 1.29 is 18.8 Å². The van der Waals surface area contributed by atoms with E-state index in [2.05, 4.69) is 10.6 Å². The smallest absolute Gasteiger partial charge is 0.264 e. The maximum absolute atomic E-state index is 13.5. The van der Waals surface area contributed by atoms with Crippen molar-refractivity contribution in [1.29, 1.82) is 0 Å². The number of aryl methyl sites for hydroxylation is 1. The zero-order valence-electron chi connectivity index (χ0n) is 14.5. The van der Waals surface area contributed by atoms with Crippen LogP contribution in [0.15, 0.2) is 35.7 Å². The van der Waals surface area contributed by atoms with Crippen LogP contribution in [0.25, 0.3) is 0 Å². The molecular formula is C18H20FN3O3S. The molecule has 0 saturated carbocycles. The molecule has 0 radical (unpaired) electrons. The Bertz CT molecular complexity index is 793. The molecule has 0 spiro atoms. The Morgan fingerprint density at radius 2 is 1.88 bits per heavy atom. The lowest BCUT2D eigenvalue weighted by atomic mass is 10.1. The van der Waals surface area contributed by atoms with Crippen LogP contribution in [-0.4, -0.2) is 49.3 Å². The predicted molar refractivity (Wildman–Crippen MR) is 97.8 cm³/mol. The molecule has 0 aliphatic rings. The largest absolute Gasteiger partial charge is 0.353 e. The molecule has 2 N–H and O–H groups in total. The van der Waals surface area contributed by atoms with Crippen LogP contribution in [0.3, 0.4) is 0 Å². The second kappa shape index (κ2) is 9.10. The van der Waals surface area contributed by atoms with Gasteiger partial charge in [-0.25, -0.2) is 4.39 Å². The number of halogens is 1. The monoisotopic (exact) mass is 377 g/mol. The highest BCUT2D eigenvalue weighted by Gasteiger charge is 2.15. The fourth-order valence-electron chi connectivity index (χ4n) is 2.15. The lowest BCUT2D eigenvalue weighted by Crippen LogP contribution is -2.41. The standard InChI is InChI=1S/C18H20FN3O3S/c1-12-5-6-13(10-14(12)19)17(24)21-8-7-20-16(23)11-22(2)18(25)15-4-3-9-26-15/h3-6,9-10H,7-8,11H2,1-2H3,(H,20,23)(H,21,24). The van der Waals surface area contributed by atoms with Crippen molar-refractivity contribution in [2.24, 2.45) is 0 Å². The van der Waals surface area contributed by atoms with Crippen LogP contribution < -0.4 is 10.6 Å². The van der Waals surface area contributed by atoms with E-state index in [4.69, 9.17) is 0 Å². The molecule has 1 aromatic heterocycles. The van der Waals surface area contributed by atoms with Gasteiger partial charge in [-0.1, -0.05) is 12.1 Å². The number of nitrogens with one attached hydrogen (secondary N) is 2. The normalized spacial score (nSPS) is 10.3. The van der Waals surface area contributed by atoms with Crippen LogP contribution >= 0.6 is 11.3 Å². The summed E-state index contributed by atoms with van der Waals surface area (Å²) in [6.07, 6.45) is 0. The van der Waals surface area contributed by atoms with E-state index in [-0.39, 0.29) is 37.0 Å². The van der Waals surface area contributed by atoms with Gasteiger partial charge in [0.15, 0.2) is 0 Å². The molecule has 0 aliphatic heterocycles. The van der Waals surface area contributed by atoms with Crippen LogP contribution in [0.4, 0.5) is 4.39 Å². The molecule has 8 heteroatoms. The van der Waals surface area contributed by atoms with Gasteiger partial charge in [-0.2, -0.15) is 0 Å². The molecule has 138 valence electrons. The Kier molecular flexibility index (Phi) is 6.85. The van der Waals surface area contributed by atoms with Gasteiger partial charge in [0, 0.05) is 25.7 Å². The highest BCUT2D eigenvalue weighted by molar-refractivity contribution is 7.12. The Hall–Kier alpha value is -2.74. The van der Waals surface area contributed by atoms with Crippen LogP contribution in [0.1, 0.15) is 25.6 Å². The first-order chi connectivity index (χ1) is 12.4. The van der Waals surface area contributed by atoms with Crippen LogP contribution in [0.5, 0.6) is 0 Å². The molecule has 0 unspecified atom stereocenters. The molecule has 0 bridgehead atoms. The molecule has 1 heterocycles. The Morgan fingerprint density at radius 3 is 2.54 bits per heavy atom. The van der Waals surface area contributed by atoms with Crippen LogP contribution in [0.2, 0.25) is 0 Å². The Balaban J connectivity index is 1.70. The number of hydrogen-bond donors (Lipinski definition) is 2. The third kappa shape index (κ3) is 5.38. The minimum atomic E-state index is -0.440. The summed E-state index contributed by atoms with van der Waals surface area (Å²) in [4.78, 5) is 37.7. The number of hydrogen-bond acceptors (Lipinski definition) is 4. The third-order valence-corrected chi connectivity index (χ3v) is 4.48. The highest BCUT2D eigenvalue weighted by Crippen LogP contribution is 2.11. The topological polar surface area (TPSA) is 78.5 Å². The lowest BCUT2D eigenvalue weighted by molar-refractivity contribution is -0.121. The first-order valence-corrected chi connectivity index (χ1v) is 8.86. The highest BCUT2D eigenvalue weighted by atomic mass is 32.1. The number of rotatable bonds is 7. The average Bonchev–Trinajstić information content (AvgIpc) is 3.14. The second-order valence-corrected chi connectivity index (χ2v) is 6.66. The van der Waals surface area contributed by atoms with Crippen molar-refractivity contribution in [3.63, 3.8) is 0 Å². The number of thiophene rings is 1. The summed E-state index contributed by atoms with van der Waals surface area (Å²) >= 11 is 1.31. The van der Waals surface area contributed by atoms with E-state index in [0.717, 1.165) is 0 Å². The molecule has 0 atom stereocenters. The average molecular weight is 377 g/mol. The van der Waals surface area contributed by atoms with E-state index in [1.165, 1.54) is 34.4 Å². The molecule has 3 amide bonds. The van der Waals surface area contributed by atoms with E-state index < -0.39 is 11.7 Å². The number of benzene rings is 1. The van der Waals surface area contributed by atoms with E-state index in [0.29, 0.717) is 10.4 Å². The van der Waals surface area contributed by atoms with Gasteiger partial charge >= 0.3 is 0 Å². The fraction of sp³-hybridized carbons (Fsp3) is 0.278. The van der Waals surface area contributed by atoms with Crippen molar-refractivity contribution in [3.8, 4) is 0 Å². The Labute approximate surface area is 155 Å². The molecule has 2 aromatic rings. The van der Waals surface area contributed by atoms with Crippen LogP contribution in [-0.2, 0) is 4.79 Å². The summed E-state index contributed by atoms with van der Waals surface area (Å²) in [5.74, 6) is -1.40. The number of amides is 3. The first kappa shape index (κ1) is 19.6. The van der Waals surface area contributed by atoms with Crippen molar-refractivity contribution in [2.45, 2.75) is 6.92 Å². The lowest BCUT2D eigenvalue weighted by Gasteiger charge is -2.16. The second-order valence-electron chi connectivity index (χ2n) is 5.71. The van der Waals surface area contributed by atoms with Crippen molar-refractivity contribution >= 4 is 29.1 Å². The van der Waals surface area contributed by atoms with Gasteiger partial charge in [-0.15, -0.1) is 11.3 Å². The van der Waals surface area contributed by atoms with Crippen LogP contribution in [0, 0.1) is 12.7 Å². The number of carbonyl (C=O) groups excluding carboxylic acids is 3. The minimum Gasteiger partial charge on any atom is -0.353 e. The minimum absolute atomic E-state index is 0.0755. The number of carbonyl (C=O) groups is 3. The van der Waals surface area contributed by atoms with E-state index in [1.54, 1.807) is 31.5 Å². The Morgan fingerprint density at radius 1 is 1.15 bits per heavy atom. The van der Waals surface area contributed by atoms with Gasteiger partial charge in [0.2, 0.25) is 5.91 Å². The summed E-state index contributed by atoms with van der Waals surface area (Å²) < 4.78 is 13.5. The summed E-state index contributed by atoms with van der Waals surface area (Å²) in [6, 6.07) is 7.72. The molecule has 1 aromatic carbocycles. The van der Waals surface area contributed by atoms with Gasteiger partial charge in [0.05, 0.1) is 11.4 Å². The molecular weight excluding hydrogens is 357 g/mol. The zero-order valence-corrected chi connectivity index (χ0v) is 15.4. The molecule has 0 aliphatic carbocycles. The maximum atomic E-state index is 13.5. The van der Waals surface area contributed by atoms with Gasteiger partial charge in [-0.3, -0.25) is 14.4 Å². The van der Waals surface area contributed by atoms with Crippen molar-refractivity contribution in [2.75, 3.05) is 26.7 Å². The number of nitrogens with zero attached hydrogens (tertiary/aromatic N) is 1. The van der Waals surface area contributed by atoms with Gasteiger partial charge < -0.3 is 15.5 Å². The number of likely N-dealkylation sites (N-methyl/N-ethyl adjacent to an activating group) is 1. The zero-order chi connectivity index (χ0) is 19.1. The van der Waals surface area contributed by atoms with E-state index in [1.807, 2.05) is 0 Å². The van der Waals surface area contributed by atoms with E-state index >= 15 is 0 Å². The van der Waals surface area contributed by atoms with Crippen molar-refractivity contribution in [3.05, 3.63) is 57.5 Å². The summed E-state index contributed by atoms with van der Waals surface area (Å²) in [5.41, 5.74) is 0.690. The molecule has 6 nitrogen and oxygen atoms in total.